The van der Waals surface area contributed by atoms with Gasteiger partial charge in [0.2, 0.25) is 0 Å². The van der Waals surface area contributed by atoms with Crippen LogP contribution in [0, 0.1) is 0 Å². The van der Waals surface area contributed by atoms with Gasteiger partial charge in [-0.1, -0.05) is 6.07 Å². The molecule has 0 spiro atoms. The van der Waals surface area contributed by atoms with Gasteiger partial charge in [0.25, 0.3) is 5.91 Å². The second-order valence-corrected chi connectivity index (χ2v) is 4.07. The van der Waals surface area contributed by atoms with Crippen molar-refractivity contribution in [3.8, 4) is 0 Å². The van der Waals surface area contributed by atoms with E-state index in [1.54, 1.807) is 13.0 Å². The van der Waals surface area contributed by atoms with Gasteiger partial charge in [0.05, 0.1) is 6.61 Å². The Bertz CT molecular complexity index is 477. The van der Waals surface area contributed by atoms with E-state index < -0.39 is 5.97 Å². The topological polar surface area (TPSA) is 67.4 Å². The predicted molar refractivity (Wildman–Crippen MR) is 73.2 cm³/mol. The lowest BCUT2D eigenvalue weighted by Gasteiger charge is -2.06. The molecule has 1 aromatic carbocycles. The van der Waals surface area contributed by atoms with Crippen LogP contribution < -0.4 is 10.6 Å². The lowest BCUT2D eigenvalue weighted by Crippen LogP contribution is -2.30. The monoisotopic (exact) mass is 284 g/mol. The summed E-state index contributed by atoms with van der Waals surface area (Å²) < 4.78 is 4.74. The molecule has 0 saturated carbocycles. The summed E-state index contributed by atoms with van der Waals surface area (Å²) in [6, 6.07) is 5.57. The van der Waals surface area contributed by atoms with Crippen LogP contribution >= 0.6 is 12.4 Å². The standard InChI is InChI=1S/C13H16N2O3.ClH/c1-2-18-12(16)8-15-13(17)9-3-4-10-6-14-7-11(10)5-9;/h3-5,14H,2,6-8H2,1H3,(H,15,17);1H. The average molecular weight is 285 g/mol. The number of ether oxygens (including phenoxy) is 1. The highest BCUT2D eigenvalue weighted by Gasteiger charge is 2.14. The summed E-state index contributed by atoms with van der Waals surface area (Å²) in [5.41, 5.74) is 2.93. The number of hydrogen-bond donors (Lipinski definition) is 2. The fourth-order valence-electron chi connectivity index (χ4n) is 1.90. The van der Waals surface area contributed by atoms with Crippen LogP contribution in [0.4, 0.5) is 0 Å². The second kappa shape index (κ2) is 7.11. The Kier molecular flexibility index (Phi) is 5.79. The van der Waals surface area contributed by atoms with Gasteiger partial charge in [-0.15, -0.1) is 12.4 Å². The third-order valence-corrected chi connectivity index (χ3v) is 2.80. The van der Waals surface area contributed by atoms with Gasteiger partial charge >= 0.3 is 5.97 Å². The minimum atomic E-state index is -0.423. The average Bonchev–Trinajstić information content (AvgIpc) is 2.83. The first kappa shape index (κ1) is 15.5. The van der Waals surface area contributed by atoms with Crippen molar-refractivity contribution in [1.29, 1.82) is 0 Å². The molecular weight excluding hydrogens is 268 g/mol. The first-order valence-corrected chi connectivity index (χ1v) is 5.97. The fourth-order valence-corrected chi connectivity index (χ4v) is 1.90. The van der Waals surface area contributed by atoms with Crippen LogP contribution in [0.5, 0.6) is 0 Å². The summed E-state index contributed by atoms with van der Waals surface area (Å²) in [4.78, 5) is 22.9. The summed E-state index contributed by atoms with van der Waals surface area (Å²) in [7, 11) is 0. The lowest BCUT2D eigenvalue weighted by atomic mass is 10.1. The first-order valence-electron chi connectivity index (χ1n) is 5.97. The fraction of sp³-hybridized carbons (Fsp3) is 0.385. The van der Waals surface area contributed by atoms with E-state index in [0.717, 1.165) is 18.7 Å². The minimum Gasteiger partial charge on any atom is -0.465 e. The van der Waals surface area contributed by atoms with E-state index in [2.05, 4.69) is 10.6 Å². The van der Waals surface area contributed by atoms with E-state index >= 15 is 0 Å². The molecule has 0 unspecified atom stereocenters. The Hall–Kier alpha value is -1.59. The van der Waals surface area contributed by atoms with Gasteiger partial charge < -0.3 is 15.4 Å². The van der Waals surface area contributed by atoms with E-state index in [0.29, 0.717) is 12.2 Å². The van der Waals surface area contributed by atoms with Gasteiger partial charge in [-0.25, -0.2) is 0 Å². The minimum absolute atomic E-state index is 0. The molecule has 0 aliphatic carbocycles. The molecule has 0 bridgehead atoms. The Morgan fingerprint density at radius 2 is 2.05 bits per heavy atom. The highest BCUT2D eigenvalue weighted by molar-refractivity contribution is 5.96. The molecule has 0 fully saturated rings. The van der Waals surface area contributed by atoms with Crippen molar-refractivity contribution >= 4 is 24.3 Å². The molecule has 5 nitrogen and oxygen atoms in total. The molecule has 1 aliphatic rings. The predicted octanol–water partition coefficient (Wildman–Crippen LogP) is 1.00. The summed E-state index contributed by atoms with van der Waals surface area (Å²) in [5, 5.41) is 5.76. The quantitative estimate of drug-likeness (QED) is 0.810. The molecule has 104 valence electrons. The Morgan fingerprint density at radius 1 is 1.32 bits per heavy atom. The van der Waals surface area contributed by atoms with Crippen molar-refractivity contribution in [3.63, 3.8) is 0 Å². The molecule has 19 heavy (non-hydrogen) atoms. The third-order valence-electron chi connectivity index (χ3n) is 2.80. The van der Waals surface area contributed by atoms with Gasteiger partial charge in [-0.3, -0.25) is 9.59 Å². The van der Waals surface area contributed by atoms with Crippen LogP contribution in [0.3, 0.4) is 0 Å². The maximum Gasteiger partial charge on any atom is 0.325 e. The van der Waals surface area contributed by atoms with E-state index in [1.165, 1.54) is 5.56 Å². The number of benzene rings is 1. The Morgan fingerprint density at radius 3 is 2.79 bits per heavy atom. The number of halogens is 1. The number of esters is 1. The van der Waals surface area contributed by atoms with Crippen molar-refractivity contribution in [3.05, 3.63) is 34.9 Å². The van der Waals surface area contributed by atoms with Crippen LogP contribution in [-0.2, 0) is 22.6 Å². The Balaban J connectivity index is 0.00000180. The van der Waals surface area contributed by atoms with Crippen LogP contribution in [0.25, 0.3) is 0 Å². The number of carbonyl (C=O) groups is 2. The molecule has 0 atom stereocenters. The van der Waals surface area contributed by atoms with E-state index in [4.69, 9.17) is 4.74 Å². The largest absolute Gasteiger partial charge is 0.465 e. The molecule has 1 amide bonds. The Labute approximate surface area is 118 Å². The maximum atomic E-state index is 11.8. The number of nitrogens with one attached hydrogen (secondary N) is 2. The molecule has 1 heterocycles. The summed E-state index contributed by atoms with van der Waals surface area (Å²) in [5.74, 6) is -0.675. The summed E-state index contributed by atoms with van der Waals surface area (Å²) in [6.45, 7) is 3.59. The molecule has 0 aromatic heterocycles. The smallest absolute Gasteiger partial charge is 0.325 e. The maximum absolute atomic E-state index is 11.8. The van der Waals surface area contributed by atoms with Gasteiger partial charge in [-0.2, -0.15) is 0 Å². The van der Waals surface area contributed by atoms with Crippen molar-refractivity contribution in [1.82, 2.24) is 10.6 Å². The van der Waals surface area contributed by atoms with Crippen LogP contribution in [0.1, 0.15) is 28.4 Å². The van der Waals surface area contributed by atoms with E-state index in [-0.39, 0.29) is 24.9 Å². The van der Waals surface area contributed by atoms with Crippen molar-refractivity contribution in [2.45, 2.75) is 20.0 Å². The van der Waals surface area contributed by atoms with Gasteiger partial charge in [0.15, 0.2) is 0 Å². The SMILES string of the molecule is CCOC(=O)CNC(=O)c1ccc2c(c1)CNC2.Cl. The van der Waals surface area contributed by atoms with Crippen LogP contribution in [0.2, 0.25) is 0 Å². The zero-order chi connectivity index (χ0) is 13.0. The number of carbonyl (C=O) groups excluding carboxylic acids is 2. The number of hydrogen-bond acceptors (Lipinski definition) is 4. The van der Waals surface area contributed by atoms with Crippen molar-refractivity contribution < 1.29 is 14.3 Å². The van der Waals surface area contributed by atoms with E-state index in [1.807, 2.05) is 12.1 Å². The number of amides is 1. The summed E-state index contributed by atoms with van der Waals surface area (Å²) in [6.07, 6.45) is 0. The molecule has 0 radical (unpaired) electrons. The zero-order valence-electron chi connectivity index (χ0n) is 10.7. The van der Waals surface area contributed by atoms with Crippen LogP contribution in [0.15, 0.2) is 18.2 Å². The second-order valence-electron chi connectivity index (χ2n) is 4.07. The normalized spacial score (nSPS) is 12.3. The molecule has 2 rings (SSSR count). The molecule has 1 aliphatic heterocycles. The highest BCUT2D eigenvalue weighted by Crippen LogP contribution is 2.16. The number of rotatable bonds is 4. The van der Waals surface area contributed by atoms with Crippen molar-refractivity contribution in [2.24, 2.45) is 0 Å². The highest BCUT2D eigenvalue weighted by atomic mass is 35.5. The molecule has 1 aromatic rings. The third kappa shape index (κ3) is 3.94. The van der Waals surface area contributed by atoms with Gasteiger partial charge in [0.1, 0.15) is 6.54 Å². The molecule has 0 saturated heterocycles. The van der Waals surface area contributed by atoms with E-state index in [9.17, 15) is 9.59 Å². The number of fused-ring (bicyclic) bond motifs is 1. The van der Waals surface area contributed by atoms with Crippen molar-refractivity contribution in [2.75, 3.05) is 13.2 Å². The van der Waals surface area contributed by atoms with Crippen LogP contribution in [-0.4, -0.2) is 25.0 Å². The zero-order valence-corrected chi connectivity index (χ0v) is 11.5. The molecule has 6 heteroatoms. The summed E-state index contributed by atoms with van der Waals surface area (Å²) >= 11 is 0. The lowest BCUT2D eigenvalue weighted by molar-refractivity contribution is -0.141. The molecular formula is C13H17ClN2O3. The van der Waals surface area contributed by atoms with Gasteiger partial charge in [0, 0.05) is 18.7 Å². The van der Waals surface area contributed by atoms with Gasteiger partial charge in [-0.05, 0) is 30.2 Å². The first-order chi connectivity index (χ1) is 8.70. The molecule has 2 N–H and O–H groups in total.